The molecule has 5 N–H and O–H groups in total. The van der Waals surface area contributed by atoms with Gasteiger partial charge in [-0.15, -0.1) is 0 Å². The summed E-state index contributed by atoms with van der Waals surface area (Å²) in [6.45, 7) is 11.2. The van der Waals surface area contributed by atoms with E-state index in [2.05, 4.69) is 35.4 Å². The van der Waals surface area contributed by atoms with Crippen LogP contribution in [0.25, 0.3) is 0 Å². The van der Waals surface area contributed by atoms with Crippen LogP contribution in [-0.2, 0) is 27.2 Å². The Kier molecular flexibility index (Phi) is 14.5. The summed E-state index contributed by atoms with van der Waals surface area (Å²) in [5.74, 6) is 0.767. The van der Waals surface area contributed by atoms with E-state index < -0.39 is 30.1 Å². The Morgan fingerprint density at radius 1 is 1.04 bits per heavy atom. The molecule has 0 bridgehead atoms. The van der Waals surface area contributed by atoms with Gasteiger partial charge in [-0.3, -0.25) is 14.5 Å². The van der Waals surface area contributed by atoms with E-state index in [0.717, 1.165) is 35.6 Å². The second-order valence-corrected chi connectivity index (χ2v) is 15.4. The first-order valence-electron chi connectivity index (χ1n) is 18.1. The number of aromatic nitrogens is 3. The molecule has 54 heavy (non-hydrogen) atoms. The van der Waals surface area contributed by atoms with Crippen LogP contribution in [-0.4, -0.2) is 100 Å². The normalized spacial score (nSPS) is 15.1. The molecule has 0 spiro atoms. The highest BCUT2D eigenvalue weighted by Gasteiger charge is 2.30. The maximum absolute atomic E-state index is 13.1. The number of halogens is 1. The van der Waals surface area contributed by atoms with Gasteiger partial charge in [0.15, 0.2) is 10.9 Å². The summed E-state index contributed by atoms with van der Waals surface area (Å²) in [5, 5.41) is 17.6. The van der Waals surface area contributed by atoms with Crippen molar-refractivity contribution in [2.75, 3.05) is 49.5 Å². The van der Waals surface area contributed by atoms with Gasteiger partial charge in [-0.05, 0) is 55.4 Å². The number of esters is 1. The molecule has 1 saturated heterocycles. The van der Waals surface area contributed by atoms with Crippen LogP contribution in [0.4, 0.5) is 16.8 Å². The third-order valence-electron chi connectivity index (χ3n) is 9.17. The number of ether oxygens (including phenoxy) is 1. The third-order valence-corrected chi connectivity index (χ3v) is 10.5. The lowest BCUT2D eigenvalue weighted by molar-refractivity contribution is -0.150. The molecule has 1 fully saturated rings. The zero-order chi connectivity index (χ0) is 38.8. The molecular formula is C39H49ClN8O5S. The zero-order valence-corrected chi connectivity index (χ0v) is 32.7. The van der Waals surface area contributed by atoms with Crippen LogP contribution in [0.5, 0.6) is 0 Å². The second-order valence-electron chi connectivity index (χ2n) is 13.9. The molecule has 3 heterocycles. The third kappa shape index (κ3) is 11.5. The van der Waals surface area contributed by atoms with Crippen molar-refractivity contribution in [2.45, 2.75) is 65.1 Å². The summed E-state index contributed by atoms with van der Waals surface area (Å²) in [7, 11) is 0. The molecule has 0 unspecified atom stereocenters. The summed E-state index contributed by atoms with van der Waals surface area (Å²) in [6, 6.07) is 15.1. The van der Waals surface area contributed by atoms with Crippen LogP contribution < -0.4 is 21.3 Å². The minimum Gasteiger partial charge on any atom is -0.463 e. The Bertz CT molecular complexity index is 1870. The molecule has 1 amide bonds. The first-order chi connectivity index (χ1) is 25.9. The Labute approximate surface area is 325 Å². The number of nitrogens with zero attached hydrogens (tertiary/aromatic N) is 5. The predicted molar refractivity (Wildman–Crippen MR) is 212 cm³/mol. The van der Waals surface area contributed by atoms with Crippen molar-refractivity contribution in [2.24, 2.45) is 11.7 Å². The molecule has 2 aromatic heterocycles. The van der Waals surface area contributed by atoms with Gasteiger partial charge in [0.05, 0.1) is 11.1 Å². The van der Waals surface area contributed by atoms with Crippen molar-refractivity contribution < 1.29 is 24.2 Å². The van der Waals surface area contributed by atoms with Gasteiger partial charge in [-0.25, -0.2) is 19.7 Å². The standard InChI is InChI=1S/C39H49ClN8O5S/c1-24(2)19-31(45-37(51)36(50)30(41)20-27-10-6-5-7-11-27)38(52)53-18-17-47-13-15-48(16-14-47)35-22-34(43-26(4)44-35)46-39-42-23-33(54-39)32(49)21-28-25(3)9-8-12-29(28)40/h5-12,22-24,30-31,36,50H,13-21,41H2,1-4H3,(H,45,51)(H,42,43,44,46)/t30-,31+,36+/m1/s1. The van der Waals surface area contributed by atoms with Gasteiger partial charge in [0.2, 0.25) is 0 Å². The lowest BCUT2D eigenvalue weighted by Gasteiger charge is -2.35. The fourth-order valence-electron chi connectivity index (χ4n) is 6.20. The van der Waals surface area contributed by atoms with E-state index in [0.29, 0.717) is 59.1 Å². The molecule has 1 aliphatic heterocycles. The number of nitrogens with one attached hydrogen (secondary N) is 2. The minimum absolute atomic E-state index is 0.0544. The first kappa shape index (κ1) is 40.7. The lowest BCUT2D eigenvalue weighted by atomic mass is 10.00. The molecule has 0 saturated carbocycles. The average molecular weight is 777 g/mol. The fraction of sp³-hybridized carbons (Fsp3) is 0.436. The summed E-state index contributed by atoms with van der Waals surface area (Å²) in [6.07, 6.45) is 0.984. The summed E-state index contributed by atoms with van der Waals surface area (Å²) in [5.41, 5.74) is 8.83. The van der Waals surface area contributed by atoms with E-state index >= 15 is 0 Å². The molecular weight excluding hydrogens is 728 g/mol. The number of anilines is 3. The first-order valence-corrected chi connectivity index (χ1v) is 19.3. The van der Waals surface area contributed by atoms with E-state index in [9.17, 15) is 19.5 Å². The Hall–Kier alpha value is -4.47. The van der Waals surface area contributed by atoms with Crippen molar-refractivity contribution in [3.05, 3.63) is 93.2 Å². The van der Waals surface area contributed by atoms with Crippen LogP contribution in [0.15, 0.2) is 60.8 Å². The number of aliphatic hydroxyl groups is 1. The van der Waals surface area contributed by atoms with Crippen molar-refractivity contribution in [1.29, 1.82) is 0 Å². The van der Waals surface area contributed by atoms with E-state index in [-0.39, 0.29) is 24.7 Å². The van der Waals surface area contributed by atoms with E-state index in [1.165, 1.54) is 11.3 Å². The number of ketones is 1. The molecule has 2 aromatic carbocycles. The number of aryl methyl sites for hydroxylation is 2. The van der Waals surface area contributed by atoms with Crippen molar-refractivity contribution >= 4 is 57.4 Å². The molecule has 4 aromatic rings. The predicted octanol–water partition coefficient (Wildman–Crippen LogP) is 4.50. The maximum Gasteiger partial charge on any atom is 0.328 e. The minimum atomic E-state index is -1.47. The van der Waals surface area contributed by atoms with Crippen LogP contribution in [0.2, 0.25) is 5.02 Å². The summed E-state index contributed by atoms with van der Waals surface area (Å²) < 4.78 is 5.62. The molecule has 5 rings (SSSR count). The van der Waals surface area contributed by atoms with Gasteiger partial charge in [-0.2, -0.15) is 0 Å². The molecule has 15 heteroatoms. The molecule has 0 radical (unpaired) electrons. The van der Waals surface area contributed by atoms with Crippen molar-refractivity contribution in [1.82, 2.24) is 25.2 Å². The van der Waals surface area contributed by atoms with E-state index in [4.69, 9.17) is 22.1 Å². The Balaban J connectivity index is 1.08. The number of carbonyl (C=O) groups excluding carboxylic acids is 3. The number of rotatable bonds is 17. The quantitative estimate of drug-likeness (QED) is 0.0875. The monoisotopic (exact) mass is 776 g/mol. The number of nitrogens with two attached hydrogens (primary N) is 1. The highest BCUT2D eigenvalue weighted by molar-refractivity contribution is 7.17. The van der Waals surface area contributed by atoms with Crippen LogP contribution in [0.1, 0.15) is 52.5 Å². The topological polar surface area (TPSA) is 176 Å². The number of Topliss-reactive ketones (excluding diaryl/α,β-unsaturated/α-hetero) is 1. The Morgan fingerprint density at radius 3 is 2.48 bits per heavy atom. The summed E-state index contributed by atoms with van der Waals surface area (Å²) >= 11 is 7.61. The smallest absolute Gasteiger partial charge is 0.328 e. The molecule has 3 atom stereocenters. The van der Waals surface area contributed by atoms with E-state index in [1.807, 2.05) is 76.2 Å². The largest absolute Gasteiger partial charge is 0.463 e. The molecule has 13 nitrogen and oxygen atoms in total. The van der Waals surface area contributed by atoms with Crippen LogP contribution in [0.3, 0.4) is 0 Å². The fourth-order valence-corrected chi connectivity index (χ4v) is 7.25. The number of piperazine rings is 1. The zero-order valence-electron chi connectivity index (χ0n) is 31.1. The summed E-state index contributed by atoms with van der Waals surface area (Å²) in [4.78, 5) is 57.5. The van der Waals surface area contributed by atoms with Gasteiger partial charge >= 0.3 is 5.97 Å². The number of thiazole rings is 1. The molecule has 288 valence electrons. The second kappa shape index (κ2) is 19.2. The SMILES string of the molecule is Cc1nc(Nc2ncc(C(=O)Cc3c(C)cccc3Cl)s2)cc(N2CCN(CCOC(=O)[C@H](CC(C)C)NC(=O)[C@@H](O)[C@H](N)Cc3ccccc3)CC2)n1. The van der Waals surface area contributed by atoms with Crippen molar-refractivity contribution in [3.8, 4) is 0 Å². The Morgan fingerprint density at radius 2 is 1.78 bits per heavy atom. The van der Waals surface area contributed by atoms with Gasteiger partial charge < -0.3 is 31.1 Å². The number of carbonyl (C=O) groups is 3. The number of aliphatic hydroxyl groups excluding tert-OH is 1. The highest BCUT2D eigenvalue weighted by Crippen LogP contribution is 2.27. The molecule has 1 aliphatic rings. The van der Waals surface area contributed by atoms with Gasteiger partial charge in [0.25, 0.3) is 5.91 Å². The van der Waals surface area contributed by atoms with Gasteiger partial charge in [0, 0.05) is 56.3 Å². The maximum atomic E-state index is 13.1. The van der Waals surface area contributed by atoms with Crippen LogP contribution >= 0.6 is 22.9 Å². The van der Waals surface area contributed by atoms with Gasteiger partial charge in [-0.1, -0.05) is 79.2 Å². The van der Waals surface area contributed by atoms with Crippen molar-refractivity contribution in [3.63, 3.8) is 0 Å². The van der Waals surface area contributed by atoms with Crippen LogP contribution in [0, 0.1) is 19.8 Å². The number of hydrogen-bond donors (Lipinski definition) is 4. The molecule has 0 aliphatic carbocycles. The number of amides is 1. The highest BCUT2D eigenvalue weighted by atomic mass is 35.5. The lowest BCUT2D eigenvalue weighted by Crippen LogP contribution is -2.52. The number of hydrogen-bond acceptors (Lipinski definition) is 13. The van der Waals surface area contributed by atoms with E-state index in [1.54, 1.807) is 12.3 Å². The van der Waals surface area contributed by atoms with Gasteiger partial charge in [0.1, 0.15) is 36.2 Å². The average Bonchev–Trinajstić information content (AvgIpc) is 3.61. The number of benzene rings is 2.